The van der Waals surface area contributed by atoms with Crippen LogP contribution in [0, 0.1) is 0 Å². The Kier molecular flexibility index (Phi) is 4.26. The van der Waals surface area contributed by atoms with Crippen LogP contribution in [0.1, 0.15) is 10.5 Å². The minimum Gasteiger partial charge on any atom is -0.354 e. The largest absolute Gasteiger partial charge is 0.354 e. The SMILES string of the molecule is COC(CNC(=O)c1ccn(C)n1)OC. The summed E-state index contributed by atoms with van der Waals surface area (Å²) in [5.74, 6) is -0.241. The van der Waals surface area contributed by atoms with Gasteiger partial charge in [0.15, 0.2) is 6.29 Å². The van der Waals surface area contributed by atoms with Crippen molar-refractivity contribution in [1.29, 1.82) is 0 Å². The number of carbonyl (C=O) groups excluding carboxylic acids is 1. The first-order valence-corrected chi connectivity index (χ1v) is 4.50. The van der Waals surface area contributed by atoms with Crippen molar-refractivity contribution in [3.63, 3.8) is 0 Å². The summed E-state index contributed by atoms with van der Waals surface area (Å²) in [6.45, 7) is 0.294. The molecule has 6 nitrogen and oxygen atoms in total. The second kappa shape index (κ2) is 5.47. The number of amides is 1. The Bertz CT molecular complexity index is 320. The number of hydrogen-bond acceptors (Lipinski definition) is 4. The van der Waals surface area contributed by atoms with E-state index in [1.165, 1.54) is 14.2 Å². The van der Waals surface area contributed by atoms with Gasteiger partial charge in [-0.3, -0.25) is 9.48 Å². The number of aryl methyl sites for hydroxylation is 1. The molecule has 0 aliphatic heterocycles. The smallest absolute Gasteiger partial charge is 0.271 e. The first kappa shape index (κ1) is 11.7. The van der Waals surface area contributed by atoms with E-state index >= 15 is 0 Å². The van der Waals surface area contributed by atoms with E-state index in [0.717, 1.165) is 0 Å². The summed E-state index contributed by atoms with van der Waals surface area (Å²) < 4.78 is 11.4. The fourth-order valence-electron chi connectivity index (χ4n) is 1.07. The van der Waals surface area contributed by atoms with Crippen LogP contribution in [-0.2, 0) is 16.5 Å². The average Bonchev–Trinajstić information content (AvgIpc) is 2.66. The van der Waals surface area contributed by atoms with Crippen LogP contribution in [-0.4, -0.2) is 42.7 Å². The van der Waals surface area contributed by atoms with Gasteiger partial charge in [-0.1, -0.05) is 0 Å². The number of hydrogen-bond donors (Lipinski definition) is 1. The topological polar surface area (TPSA) is 65.4 Å². The summed E-state index contributed by atoms with van der Waals surface area (Å²) in [7, 11) is 4.78. The van der Waals surface area contributed by atoms with Gasteiger partial charge < -0.3 is 14.8 Å². The zero-order chi connectivity index (χ0) is 11.3. The van der Waals surface area contributed by atoms with E-state index in [4.69, 9.17) is 9.47 Å². The lowest BCUT2D eigenvalue weighted by atomic mass is 10.4. The Labute approximate surface area is 88.2 Å². The van der Waals surface area contributed by atoms with Gasteiger partial charge in [0.1, 0.15) is 5.69 Å². The maximum Gasteiger partial charge on any atom is 0.271 e. The molecule has 0 atom stereocenters. The van der Waals surface area contributed by atoms with Gasteiger partial charge in [0.25, 0.3) is 5.91 Å². The van der Waals surface area contributed by atoms with Crippen LogP contribution >= 0.6 is 0 Å². The van der Waals surface area contributed by atoms with E-state index in [9.17, 15) is 4.79 Å². The van der Waals surface area contributed by atoms with Crippen LogP contribution in [0.15, 0.2) is 12.3 Å². The Hall–Kier alpha value is -1.40. The molecule has 6 heteroatoms. The molecule has 1 rings (SSSR count). The van der Waals surface area contributed by atoms with Gasteiger partial charge in [0.05, 0.1) is 6.54 Å². The minimum absolute atomic E-state index is 0.241. The maximum absolute atomic E-state index is 11.5. The Morgan fingerprint density at radius 1 is 1.60 bits per heavy atom. The molecule has 0 aromatic carbocycles. The maximum atomic E-state index is 11.5. The van der Waals surface area contributed by atoms with Gasteiger partial charge in [-0.2, -0.15) is 5.10 Å². The van der Waals surface area contributed by atoms with Crippen molar-refractivity contribution in [2.45, 2.75) is 6.29 Å². The van der Waals surface area contributed by atoms with E-state index in [1.54, 1.807) is 24.0 Å². The average molecular weight is 213 g/mol. The monoisotopic (exact) mass is 213 g/mol. The van der Waals surface area contributed by atoms with E-state index in [2.05, 4.69) is 10.4 Å². The van der Waals surface area contributed by atoms with Crippen molar-refractivity contribution in [2.75, 3.05) is 20.8 Å². The Morgan fingerprint density at radius 3 is 2.73 bits per heavy atom. The van der Waals surface area contributed by atoms with Crippen LogP contribution in [0.4, 0.5) is 0 Å². The molecule has 0 fully saturated rings. The second-order valence-corrected chi connectivity index (χ2v) is 2.99. The van der Waals surface area contributed by atoms with Crippen LogP contribution in [0.3, 0.4) is 0 Å². The van der Waals surface area contributed by atoms with Crippen molar-refractivity contribution in [2.24, 2.45) is 7.05 Å². The molecule has 0 aliphatic rings. The van der Waals surface area contributed by atoms with Gasteiger partial charge in [-0.15, -0.1) is 0 Å². The van der Waals surface area contributed by atoms with Crippen molar-refractivity contribution in [1.82, 2.24) is 15.1 Å². The van der Waals surface area contributed by atoms with Crippen LogP contribution in [0.5, 0.6) is 0 Å². The Balaban J connectivity index is 2.42. The summed E-state index contributed by atoms with van der Waals surface area (Å²) in [4.78, 5) is 11.5. The lowest BCUT2D eigenvalue weighted by Gasteiger charge is -2.13. The van der Waals surface area contributed by atoms with Gasteiger partial charge in [0.2, 0.25) is 0 Å². The van der Waals surface area contributed by atoms with E-state index < -0.39 is 6.29 Å². The van der Waals surface area contributed by atoms with Crippen molar-refractivity contribution in [3.05, 3.63) is 18.0 Å². The number of aromatic nitrogens is 2. The molecule has 15 heavy (non-hydrogen) atoms. The normalized spacial score (nSPS) is 10.7. The Morgan fingerprint density at radius 2 is 2.27 bits per heavy atom. The quantitative estimate of drug-likeness (QED) is 0.686. The molecule has 0 aliphatic carbocycles. The fourth-order valence-corrected chi connectivity index (χ4v) is 1.07. The molecule has 0 saturated carbocycles. The molecule has 0 unspecified atom stereocenters. The summed E-state index contributed by atoms with van der Waals surface area (Å²) in [6.07, 6.45) is 1.27. The number of nitrogens with zero attached hydrogens (tertiary/aromatic N) is 2. The predicted molar refractivity (Wildman–Crippen MR) is 53.3 cm³/mol. The van der Waals surface area contributed by atoms with E-state index in [-0.39, 0.29) is 5.91 Å². The summed E-state index contributed by atoms with van der Waals surface area (Å²) in [6, 6.07) is 1.64. The number of rotatable bonds is 5. The summed E-state index contributed by atoms with van der Waals surface area (Å²) in [5, 5.41) is 6.61. The van der Waals surface area contributed by atoms with Crippen molar-refractivity contribution >= 4 is 5.91 Å². The van der Waals surface area contributed by atoms with Gasteiger partial charge >= 0.3 is 0 Å². The standard InChI is InChI=1S/C9H15N3O3/c1-12-5-4-7(11-12)9(13)10-6-8(14-2)15-3/h4-5,8H,6H2,1-3H3,(H,10,13). The van der Waals surface area contributed by atoms with Gasteiger partial charge in [0, 0.05) is 27.5 Å². The third kappa shape index (κ3) is 3.34. The number of carbonyl (C=O) groups is 1. The zero-order valence-electron chi connectivity index (χ0n) is 9.06. The third-order valence-corrected chi connectivity index (χ3v) is 1.90. The van der Waals surface area contributed by atoms with Crippen LogP contribution < -0.4 is 5.32 Å². The molecule has 0 saturated heterocycles. The molecular weight excluding hydrogens is 198 g/mol. The van der Waals surface area contributed by atoms with Crippen LogP contribution in [0.25, 0.3) is 0 Å². The number of nitrogens with one attached hydrogen (secondary N) is 1. The minimum atomic E-state index is -0.433. The first-order valence-electron chi connectivity index (χ1n) is 4.50. The lowest BCUT2D eigenvalue weighted by Crippen LogP contribution is -2.34. The molecule has 0 bridgehead atoms. The van der Waals surface area contributed by atoms with Gasteiger partial charge in [-0.05, 0) is 6.07 Å². The van der Waals surface area contributed by atoms with Crippen molar-refractivity contribution < 1.29 is 14.3 Å². The molecule has 0 spiro atoms. The van der Waals surface area contributed by atoms with Crippen LogP contribution in [0.2, 0.25) is 0 Å². The molecule has 1 N–H and O–H groups in total. The van der Waals surface area contributed by atoms with E-state index in [0.29, 0.717) is 12.2 Å². The molecule has 1 aromatic rings. The highest BCUT2D eigenvalue weighted by molar-refractivity contribution is 5.92. The van der Waals surface area contributed by atoms with Gasteiger partial charge in [-0.25, -0.2) is 0 Å². The lowest BCUT2D eigenvalue weighted by molar-refractivity contribution is -0.0974. The molecular formula is C9H15N3O3. The highest BCUT2D eigenvalue weighted by Crippen LogP contribution is 1.94. The third-order valence-electron chi connectivity index (χ3n) is 1.90. The highest BCUT2D eigenvalue weighted by atomic mass is 16.7. The molecule has 1 aromatic heterocycles. The predicted octanol–water partition coefficient (Wildman–Crippen LogP) is -0.231. The summed E-state index contributed by atoms with van der Waals surface area (Å²) >= 11 is 0. The fraction of sp³-hybridized carbons (Fsp3) is 0.556. The number of ether oxygens (including phenoxy) is 2. The highest BCUT2D eigenvalue weighted by Gasteiger charge is 2.11. The molecule has 1 amide bonds. The van der Waals surface area contributed by atoms with E-state index in [1.807, 2.05) is 0 Å². The molecule has 0 radical (unpaired) electrons. The second-order valence-electron chi connectivity index (χ2n) is 2.99. The first-order chi connectivity index (χ1) is 7.17. The summed E-state index contributed by atoms with van der Waals surface area (Å²) in [5.41, 5.74) is 0.378. The number of methoxy groups -OCH3 is 2. The van der Waals surface area contributed by atoms with Crippen molar-refractivity contribution in [3.8, 4) is 0 Å². The zero-order valence-corrected chi connectivity index (χ0v) is 9.06. The molecule has 84 valence electrons. The molecule has 1 heterocycles.